The van der Waals surface area contributed by atoms with E-state index < -0.39 is 5.60 Å². The van der Waals surface area contributed by atoms with Crippen LogP contribution in [0.4, 0.5) is 10.5 Å². The van der Waals surface area contributed by atoms with Crippen LogP contribution in [0.25, 0.3) is 0 Å². The van der Waals surface area contributed by atoms with Gasteiger partial charge in [-0.3, -0.25) is 0 Å². The lowest BCUT2D eigenvalue weighted by Crippen LogP contribution is -2.41. The number of hydrogen-bond donors (Lipinski definition) is 2. The zero-order valence-corrected chi connectivity index (χ0v) is 13.6. The van der Waals surface area contributed by atoms with Crippen LogP contribution >= 0.6 is 0 Å². The maximum atomic E-state index is 12.3. The number of morpholine rings is 1. The van der Waals surface area contributed by atoms with E-state index >= 15 is 0 Å². The number of carbonyl (C=O) groups excluding carboxylic acids is 1. The lowest BCUT2D eigenvalue weighted by Gasteiger charge is -2.30. The number of benzene rings is 1. The topological polar surface area (TPSA) is 65.0 Å². The minimum Gasteiger partial charge on any atom is -0.388 e. The third-order valence-electron chi connectivity index (χ3n) is 4.51. The van der Waals surface area contributed by atoms with Gasteiger partial charge in [-0.15, -0.1) is 0 Å². The second kappa shape index (κ2) is 6.76. The zero-order valence-electron chi connectivity index (χ0n) is 13.6. The van der Waals surface area contributed by atoms with E-state index in [1.54, 1.807) is 11.8 Å². The molecule has 3 rings (SSSR count). The van der Waals surface area contributed by atoms with E-state index in [2.05, 4.69) is 16.3 Å². The van der Waals surface area contributed by atoms with Gasteiger partial charge in [-0.05, 0) is 25.0 Å². The van der Waals surface area contributed by atoms with Crippen molar-refractivity contribution in [2.24, 2.45) is 0 Å². The Morgan fingerprint density at radius 1 is 1.30 bits per heavy atom. The number of anilines is 1. The monoisotopic (exact) mass is 319 g/mol. The van der Waals surface area contributed by atoms with Gasteiger partial charge in [0, 0.05) is 31.9 Å². The molecule has 1 atom stereocenters. The molecule has 2 fully saturated rings. The number of urea groups is 1. The van der Waals surface area contributed by atoms with Gasteiger partial charge >= 0.3 is 6.03 Å². The lowest BCUT2D eigenvalue weighted by atomic mass is 10.1. The van der Waals surface area contributed by atoms with Crippen LogP contribution < -0.4 is 10.2 Å². The first-order valence-corrected chi connectivity index (χ1v) is 8.21. The molecule has 0 radical (unpaired) electrons. The highest BCUT2D eigenvalue weighted by atomic mass is 16.5. The number of ether oxygens (including phenoxy) is 1. The van der Waals surface area contributed by atoms with Crippen LogP contribution in [0.3, 0.4) is 0 Å². The number of β-amino-alcohol motifs (C(OH)–C–C–N with tert-alkyl or cyclic N) is 1. The van der Waals surface area contributed by atoms with Crippen molar-refractivity contribution in [3.63, 3.8) is 0 Å². The Balaban J connectivity index is 1.61. The maximum Gasteiger partial charge on any atom is 0.317 e. The summed E-state index contributed by atoms with van der Waals surface area (Å²) in [6, 6.07) is 8.04. The first-order chi connectivity index (χ1) is 11.1. The van der Waals surface area contributed by atoms with E-state index in [4.69, 9.17) is 4.74 Å². The average molecular weight is 319 g/mol. The lowest BCUT2D eigenvalue weighted by molar-refractivity contribution is 0.0719. The van der Waals surface area contributed by atoms with Crippen LogP contribution in [0.2, 0.25) is 0 Å². The summed E-state index contributed by atoms with van der Waals surface area (Å²) in [5, 5.41) is 12.9. The van der Waals surface area contributed by atoms with Crippen LogP contribution in [0.15, 0.2) is 24.3 Å². The predicted molar refractivity (Wildman–Crippen MR) is 88.5 cm³/mol. The average Bonchev–Trinajstić information content (AvgIpc) is 2.94. The van der Waals surface area contributed by atoms with E-state index in [0.29, 0.717) is 26.1 Å². The van der Waals surface area contributed by atoms with E-state index in [1.807, 2.05) is 18.2 Å². The van der Waals surface area contributed by atoms with E-state index in [9.17, 15) is 9.90 Å². The van der Waals surface area contributed by atoms with Gasteiger partial charge in [0.05, 0.1) is 25.4 Å². The first-order valence-electron chi connectivity index (χ1n) is 8.21. The van der Waals surface area contributed by atoms with Crippen LogP contribution in [-0.4, -0.2) is 61.0 Å². The number of amides is 2. The number of likely N-dealkylation sites (tertiary alicyclic amines) is 1. The summed E-state index contributed by atoms with van der Waals surface area (Å²) in [5.41, 5.74) is 1.50. The molecule has 2 saturated heterocycles. The number of nitrogens with zero attached hydrogens (tertiary/aromatic N) is 2. The van der Waals surface area contributed by atoms with Crippen molar-refractivity contribution >= 4 is 11.7 Å². The number of carbonyl (C=O) groups is 1. The molecule has 2 aliphatic rings. The largest absolute Gasteiger partial charge is 0.388 e. The molecular formula is C17H25N3O3. The Hall–Kier alpha value is -1.79. The molecule has 0 saturated carbocycles. The summed E-state index contributed by atoms with van der Waals surface area (Å²) >= 11 is 0. The quantitative estimate of drug-likeness (QED) is 0.878. The Labute approximate surface area is 137 Å². The van der Waals surface area contributed by atoms with Crippen molar-refractivity contribution in [2.45, 2.75) is 25.5 Å². The van der Waals surface area contributed by atoms with Crippen molar-refractivity contribution in [3.05, 3.63) is 29.8 Å². The van der Waals surface area contributed by atoms with Crippen LogP contribution in [-0.2, 0) is 11.3 Å². The standard InChI is InChI=1S/C17H25N3O3/c1-17(22)6-7-20(13-17)16(21)18-12-14-4-2-3-5-15(14)19-8-10-23-11-9-19/h2-5,22H,6-13H2,1H3,(H,18,21)/t17-/m0/s1. The Morgan fingerprint density at radius 2 is 2.04 bits per heavy atom. The van der Waals surface area contributed by atoms with Crippen molar-refractivity contribution in [2.75, 3.05) is 44.3 Å². The van der Waals surface area contributed by atoms with Gasteiger partial charge in [-0.1, -0.05) is 18.2 Å². The zero-order chi connectivity index (χ0) is 16.3. The van der Waals surface area contributed by atoms with Crippen LogP contribution in [0.1, 0.15) is 18.9 Å². The third kappa shape index (κ3) is 3.95. The van der Waals surface area contributed by atoms with Crippen molar-refractivity contribution in [3.8, 4) is 0 Å². The SMILES string of the molecule is C[C@]1(O)CCN(C(=O)NCc2ccccc2N2CCOCC2)C1. The highest BCUT2D eigenvalue weighted by Crippen LogP contribution is 2.22. The fourth-order valence-electron chi connectivity index (χ4n) is 3.17. The van der Waals surface area contributed by atoms with Crippen molar-refractivity contribution in [1.82, 2.24) is 10.2 Å². The minimum absolute atomic E-state index is 0.112. The van der Waals surface area contributed by atoms with Gasteiger partial charge in [0.1, 0.15) is 0 Å². The summed E-state index contributed by atoms with van der Waals surface area (Å²) in [6.07, 6.45) is 0.630. The van der Waals surface area contributed by atoms with E-state index in [1.165, 1.54) is 0 Å². The number of para-hydroxylation sites is 1. The molecule has 23 heavy (non-hydrogen) atoms. The minimum atomic E-state index is -0.761. The molecule has 2 amide bonds. The van der Waals surface area contributed by atoms with Crippen molar-refractivity contribution in [1.29, 1.82) is 0 Å². The number of hydrogen-bond acceptors (Lipinski definition) is 4. The maximum absolute atomic E-state index is 12.3. The highest BCUT2D eigenvalue weighted by Gasteiger charge is 2.33. The number of nitrogens with one attached hydrogen (secondary N) is 1. The molecule has 126 valence electrons. The fraction of sp³-hybridized carbons (Fsp3) is 0.588. The molecule has 0 bridgehead atoms. The Morgan fingerprint density at radius 3 is 2.74 bits per heavy atom. The first kappa shape index (κ1) is 16.1. The summed E-state index contributed by atoms with van der Waals surface area (Å²) in [4.78, 5) is 16.2. The molecule has 6 nitrogen and oxygen atoms in total. The second-order valence-electron chi connectivity index (χ2n) is 6.56. The van der Waals surface area contributed by atoms with Gasteiger partial charge in [0.15, 0.2) is 0 Å². The number of aliphatic hydroxyl groups is 1. The predicted octanol–water partition coefficient (Wildman–Crippen LogP) is 1.19. The summed E-state index contributed by atoms with van der Waals surface area (Å²) in [5.74, 6) is 0. The Kier molecular flexibility index (Phi) is 4.73. The van der Waals surface area contributed by atoms with Crippen LogP contribution in [0, 0.1) is 0 Å². The molecular weight excluding hydrogens is 294 g/mol. The molecule has 1 aromatic rings. The van der Waals surface area contributed by atoms with Gasteiger partial charge in [-0.25, -0.2) is 4.79 Å². The Bertz CT molecular complexity index is 556. The highest BCUT2D eigenvalue weighted by molar-refractivity contribution is 5.75. The fourth-order valence-corrected chi connectivity index (χ4v) is 3.17. The molecule has 2 heterocycles. The molecule has 0 aromatic heterocycles. The summed E-state index contributed by atoms with van der Waals surface area (Å²) in [6.45, 7) is 6.49. The summed E-state index contributed by atoms with van der Waals surface area (Å²) < 4.78 is 5.40. The molecule has 0 aliphatic carbocycles. The molecule has 2 N–H and O–H groups in total. The van der Waals surface area contributed by atoms with Crippen molar-refractivity contribution < 1.29 is 14.6 Å². The normalized spacial score (nSPS) is 24.8. The van der Waals surface area contributed by atoms with Gasteiger partial charge in [0.25, 0.3) is 0 Å². The second-order valence-corrected chi connectivity index (χ2v) is 6.56. The molecule has 2 aliphatic heterocycles. The van der Waals surface area contributed by atoms with Gasteiger partial charge in [-0.2, -0.15) is 0 Å². The molecule has 0 spiro atoms. The molecule has 6 heteroatoms. The van der Waals surface area contributed by atoms with E-state index in [0.717, 1.165) is 37.6 Å². The summed E-state index contributed by atoms with van der Waals surface area (Å²) in [7, 11) is 0. The molecule has 1 aromatic carbocycles. The van der Waals surface area contributed by atoms with Gasteiger partial charge in [0.2, 0.25) is 0 Å². The van der Waals surface area contributed by atoms with E-state index in [-0.39, 0.29) is 6.03 Å². The van der Waals surface area contributed by atoms with Gasteiger partial charge < -0.3 is 25.0 Å². The van der Waals surface area contributed by atoms with Crippen LogP contribution in [0.5, 0.6) is 0 Å². The molecule has 0 unspecified atom stereocenters. The number of rotatable bonds is 3. The smallest absolute Gasteiger partial charge is 0.317 e. The third-order valence-corrected chi connectivity index (χ3v) is 4.51.